The van der Waals surface area contributed by atoms with Gasteiger partial charge in [-0.15, -0.1) is 0 Å². The van der Waals surface area contributed by atoms with E-state index in [0.29, 0.717) is 0 Å². The van der Waals surface area contributed by atoms with Gasteiger partial charge in [-0.1, -0.05) is 6.07 Å². The molecular formula is C14H15F2NO4. The molecule has 1 aliphatic rings. The third-order valence-electron chi connectivity index (χ3n) is 3.51. The van der Waals surface area contributed by atoms with E-state index in [0.717, 1.165) is 18.1 Å². The van der Waals surface area contributed by atoms with Crippen molar-refractivity contribution in [1.29, 1.82) is 0 Å². The summed E-state index contributed by atoms with van der Waals surface area (Å²) in [6.07, 6.45) is -0.956. The van der Waals surface area contributed by atoms with Crippen molar-refractivity contribution in [2.75, 3.05) is 13.7 Å². The summed E-state index contributed by atoms with van der Waals surface area (Å²) < 4.78 is 32.3. The fraction of sp³-hybridized carbons (Fsp3) is 0.429. The summed E-state index contributed by atoms with van der Waals surface area (Å²) >= 11 is 0. The van der Waals surface area contributed by atoms with Gasteiger partial charge in [0.25, 0.3) is 5.91 Å². The Labute approximate surface area is 120 Å². The second-order valence-electron chi connectivity index (χ2n) is 4.94. The molecule has 0 bridgehead atoms. The summed E-state index contributed by atoms with van der Waals surface area (Å²) in [5, 5.41) is 9.61. The van der Waals surface area contributed by atoms with Gasteiger partial charge in [0, 0.05) is 13.0 Å². The van der Waals surface area contributed by atoms with Gasteiger partial charge < -0.3 is 14.7 Å². The van der Waals surface area contributed by atoms with Crippen LogP contribution in [0.25, 0.3) is 0 Å². The maximum Gasteiger partial charge on any atom is 0.328 e. The molecule has 0 aliphatic carbocycles. The lowest BCUT2D eigenvalue weighted by Gasteiger charge is -2.23. The number of methoxy groups -OCH3 is 1. The topological polar surface area (TPSA) is 66.8 Å². The van der Waals surface area contributed by atoms with E-state index in [9.17, 15) is 23.5 Å². The number of rotatable bonds is 2. The number of aliphatic hydroxyl groups is 1. The van der Waals surface area contributed by atoms with Crippen LogP contribution in [0.2, 0.25) is 0 Å². The van der Waals surface area contributed by atoms with E-state index in [1.807, 2.05) is 0 Å². The van der Waals surface area contributed by atoms with Gasteiger partial charge in [0.2, 0.25) is 0 Å². The first-order chi connectivity index (χ1) is 9.86. The van der Waals surface area contributed by atoms with Crippen molar-refractivity contribution >= 4 is 11.9 Å². The fourth-order valence-corrected chi connectivity index (χ4v) is 2.39. The first-order valence-electron chi connectivity index (χ1n) is 6.38. The molecule has 7 heteroatoms. The molecule has 0 saturated carbocycles. The lowest BCUT2D eigenvalue weighted by atomic mass is 10.1. The number of benzene rings is 1. The Bertz CT molecular complexity index is 591. The van der Waals surface area contributed by atoms with Crippen LogP contribution >= 0.6 is 0 Å². The van der Waals surface area contributed by atoms with Crippen molar-refractivity contribution in [1.82, 2.24) is 4.90 Å². The number of carbonyl (C=O) groups is 2. The molecule has 2 unspecified atom stereocenters. The van der Waals surface area contributed by atoms with Crippen molar-refractivity contribution in [2.24, 2.45) is 0 Å². The van der Waals surface area contributed by atoms with Crippen molar-refractivity contribution in [3.8, 4) is 0 Å². The Kier molecular flexibility index (Phi) is 4.22. The Balaban J connectivity index is 2.39. The first-order valence-corrected chi connectivity index (χ1v) is 6.38. The highest BCUT2D eigenvalue weighted by Gasteiger charge is 2.41. The van der Waals surface area contributed by atoms with Crippen LogP contribution in [0.4, 0.5) is 8.78 Å². The van der Waals surface area contributed by atoms with Crippen LogP contribution in [0, 0.1) is 18.6 Å². The zero-order chi connectivity index (χ0) is 15.7. The van der Waals surface area contributed by atoms with Gasteiger partial charge in [-0.25, -0.2) is 13.6 Å². The van der Waals surface area contributed by atoms with E-state index in [-0.39, 0.29) is 18.5 Å². The quantitative estimate of drug-likeness (QED) is 0.828. The maximum atomic E-state index is 14.0. The molecule has 0 spiro atoms. The van der Waals surface area contributed by atoms with Crippen molar-refractivity contribution < 1.29 is 28.2 Å². The van der Waals surface area contributed by atoms with Gasteiger partial charge in [-0.3, -0.25) is 4.79 Å². The maximum absolute atomic E-state index is 14.0. The molecule has 1 aromatic carbocycles. The molecule has 21 heavy (non-hydrogen) atoms. The number of hydrogen-bond acceptors (Lipinski definition) is 4. The molecule has 2 atom stereocenters. The Morgan fingerprint density at radius 1 is 1.38 bits per heavy atom. The molecule has 1 heterocycles. The zero-order valence-electron chi connectivity index (χ0n) is 11.6. The van der Waals surface area contributed by atoms with Crippen LogP contribution in [0.15, 0.2) is 12.1 Å². The minimum absolute atomic E-state index is 0.0204. The molecule has 5 nitrogen and oxygen atoms in total. The first kappa shape index (κ1) is 15.4. The number of esters is 1. The van der Waals surface area contributed by atoms with Gasteiger partial charge in [-0.2, -0.15) is 0 Å². The smallest absolute Gasteiger partial charge is 0.328 e. The molecule has 0 aromatic heterocycles. The highest BCUT2D eigenvalue weighted by atomic mass is 19.1. The lowest BCUT2D eigenvalue weighted by molar-refractivity contribution is -0.145. The number of ether oxygens (including phenoxy) is 1. The molecule has 1 aliphatic heterocycles. The van der Waals surface area contributed by atoms with Crippen LogP contribution < -0.4 is 0 Å². The normalized spacial score (nSPS) is 21.5. The van der Waals surface area contributed by atoms with E-state index in [1.165, 1.54) is 13.0 Å². The van der Waals surface area contributed by atoms with Crippen LogP contribution in [0.1, 0.15) is 22.3 Å². The average Bonchev–Trinajstić information content (AvgIpc) is 2.84. The molecular weight excluding hydrogens is 284 g/mol. The Morgan fingerprint density at radius 2 is 2.05 bits per heavy atom. The molecule has 114 valence electrons. The highest BCUT2D eigenvalue weighted by Crippen LogP contribution is 2.25. The largest absolute Gasteiger partial charge is 0.467 e. The predicted molar refractivity (Wildman–Crippen MR) is 68.6 cm³/mol. The Hall–Kier alpha value is -2.02. The molecule has 1 fully saturated rings. The predicted octanol–water partition coefficient (Wildman–Crippen LogP) is 1.02. The number of amides is 1. The van der Waals surface area contributed by atoms with Gasteiger partial charge >= 0.3 is 5.97 Å². The summed E-state index contributed by atoms with van der Waals surface area (Å²) in [5.41, 5.74) is -0.605. The van der Waals surface area contributed by atoms with Crippen LogP contribution in [-0.2, 0) is 9.53 Å². The van der Waals surface area contributed by atoms with Crippen LogP contribution in [0.5, 0.6) is 0 Å². The van der Waals surface area contributed by atoms with Crippen LogP contribution in [-0.4, -0.2) is 47.7 Å². The number of nitrogens with zero attached hydrogens (tertiary/aromatic N) is 1. The summed E-state index contributed by atoms with van der Waals surface area (Å²) in [4.78, 5) is 24.9. The monoisotopic (exact) mass is 299 g/mol. The molecule has 1 saturated heterocycles. The van der Waals surface area contributed by atoms with Gasteiger partial charge in [0.05, 0.1) is 13.2 Å². The van der Waals surface area contributed by atoms with E-state index in [4.69, 9.17) is 0 Å². The fourth-order valence-electron chi connectivity index (χ4n) is 2.39. The van der Waals surface area contributed by atoms with Gasteiger partial charge in [-0.05, 0) is 18.6 Å². The van der Waals surface area contributed by atoms with E-state index in [1.54, 1.807) is 0 Å². The van der Waals surface area contributed by atoms with Crippen molar-refractivity contribution in [3.05, 3.63) is 34.9 Å². The Morgan fingerprint density at radius 3 is 2.67 bits per heavy atom. The molecule has 2 rings (SSSR count). The third kappa shape index (κ3) is 2.73. The third-order valence-corrected chi connectivity index (χ3v) is 3.51. The van der Waals surface area contributed by atoms with E-state index < -0.39 is 41.2 Å². The molecule has 0 radical (unpaired) electrons. The number of likely N-dealkylation sites (tertiary alicyclic amines) is 1. The lowest BCUT2D eigenvalue weighted by Crippen LogP contribution is -2.42. The molecule has 1 aromatic rings. The number of aliphatic hydroxyl groups excluding tert-OH is 1. The summed E-state index contributed by atoms with van der Waals surface area (Å²) in [7, 11) is 1.14. The minimum Gasteiger partial charge on any atom is -0.467 e. The zero-order valence-corrected chi connectivity index (χ0v) is 11.6. The SMILES string of the molecule is COC(=O)C1CC(O)CN1C(=O)c1c(F)ccc(C)c1F. The summed E-state index contributed by atoms with van der Waals surface area (Å²) in [6, 6.07) is 1.17. The number of aryl methyl sites for hydroxylation is 1. The standard InChI is InChI=1S/C14H15F2NO4/c1-7-3-4-9(15)11(12(7)16)13(19)17-6-8(18)5-10(17)14(20)21-2/h3-4,8,10,18H,5-6H2,1-2H3. The number of halogens is 2. The highest BCUT2D eigenvalue weighted by molar-refractivity contribution is 5.97. The van der Waals surface area contributed by atoms with Crippen molar-refractivity contribution in [3.63, 3.8) is 0 Å². The summed E-state index contributed by atoms with van der Waals surface area (Å²) in [5.74, 6) is -3.67. The average molecular weight is 299 g/mol. The number of carbonyl (C=O) groups excluding carboxylic acids is 2. The van der Waals surface area contributed by atoms with Crippen molar-refractivity contribution in [2.45, 2.75) is 25.5 Å². The van der Waals surface area contributed by atoms with E-state index >= 15 is 0 Å². The summed E-state index contributed by atoms with van der Waals surface area (Å²) in [6.45, 7) is 1.23. The second-order valence-corrected chi connectivity index (χ2v) is 4.94. The molecule has 1 amide bonds. The number of hydrogen-bond donors (Lipinski definition) is 1. The molecule has 1 N–H and O–H groups in total. The second kappa shape index (κ2) is 5.77. The van der Waals surface area contributed by atoms with Gasteiger partial charge in [0.1, 0.15) is 23.2 Å². The van der Waals surface area contributed by atoms with E-state index in [2.05, 4.69) is 4.74 Å². The van der Waals surface area contributed by atoms with Crippen LogP contribution in [0.3, 0.4) is 0 Å². The van der Waals surface area contributed by atoms with Gasteiger partial charge in [0.15, 0.2) is 0 Å². The minimum atomic E-state index is -1.04. The number of β-amino-alcohol motifs (C(OH)–C–C–N with tert-alkyl or cyclic N) is 1.